The number of carbonyl (C=O) groups excluding carboxylic acids is 1. The zero-order valence-electron chi connectivity index (χ0n) is 8.45. The third-order valence-corrected chi connectivity index (χ3v) is 2.60. The van der Waals surface area contributed by atoms with Gasteiger partial charge in [0.15, 0.2) is 10.8 Å². The van der Waals surface area contributed by atoms with E-state index in [9.17, 15) is 9.59 Å². The maximum atomic E-state index is 11.8. The third kappa shape index (κ3) is 2.45. The fourth-order valence-corrected chi connectivity index (χ4v) is 1.73. The van der Waals surface area contributed by atoms with Crippen molar-refractivity contribution in [2.45, 2.75) is 0 Å². The minimum Gasteiger partial charge on any atom is -0.476 e. The van der Waals surface area contributed by atoms with E-state index in [1.54, 1.807) is 11.6 Å². The average molecular weight is 249 g/mol. The first kappa shape index (κ1) is 11.2. The molecule has 86 valence electrons. The number of hydrogen-bond donors (Lipinski definition) is 2. The van der Waals surface area contributed by atoms with Crippen molar-refractivity contribution < 1.29 is 14.7 Å². The fraction of sp³-hybridized carbons (Fsp3) is 0. The second-order valence-corrected chi connectivity index (χ2v) is 3.89. The van der Waals surface area contributed by atoms with E-state index < -0.39 is 11.9 Å². The summed E-state index contributed by atoms with van der Waals surface area (Å²) in [6.07, 6.45) is 2.87. The second kappa shape index (κ2) is 4.71. The van der Waals surface area contributed by atoms with Crippen LogP contribution in [0.5, 0.6) is 0 Å². The molecule has 0 aromatic carbocycles. The van der Waals surface area contributed by atoms with Crippen LogP contribution in [0, 0.1) is 0 Å². The van der Waals surface area contributed by atoms with Gasteiger partial charge >= 0.3 is 5.97 Å². The maximum absolute atomic E-state index is 11.8. The lowest BCUT2D eigenvalue weighted by Gasteiger charge is -2.03. The van der Waals surface area contributed by atoms with Crippen LogP contribution in [0.3, 0.4) is 0 Å². The molecule has 17 heavy (non-hydrogen) atoms. The summed E-state index contributed by atoms with van der Waals surface area (Å²) in [5, 5.41) is 13.5. The van der Waals surface area contributed by atoms with Crippen LogP contribution >= 0.6 is 11.3 Å². The van der Waals surface area contributed by atoms with Gasteiger partial charge in [-0.05, 0) is 12.1 Å². The monoisotopic (exact) mass is 249 g/mol. The molecule has 2 aromatic rings. The van der Waals surface area contributed by atoms with Crippen LogP contribution in [0.1, 0.15) is 20.8 Å². The predicted molar refractivity (Wildman–Crippen MR) is 61.3 cm³/mol. The Morgan fingerprint density at radius 1 is 1.29 bits per heavy atom. The van der Waals surface area contributed by atoms with Crippen LogP contribution in [0.2, 0.25) is 0 Å². The zero-order chi connectivity index (χ0) is 12.3. The molecule has 0 unspecified atom stereocenters. The van der Waals surface area contributed by atoms with Crippen molar-refractivity contribution in [2.75, 3.05) is 5.32 Å². The number of anilines is 1. The van der Waals surface area contributed by atoms with Gasteiger partial charge in [0, 0.05) is 17.8 Å². The lowest BCUT2D eigenvalue weighted by atomic mass is 10.2. The molecule has 0 radical (unpaired) electrons. The highest BCUT2D eigenvalue weighted by atomic mass is 32.1. The highest BCUT2D eigenvalue weighted by Gasteiger charge is 2.17. The number of pyridine rings is 1. The van der Waals surface area contributed by atoms with Crippen molar-refractivity contribution in [2.24, 2.45) is 0 Å². The number of nitrogens with one attached hydrogen (secondary N) is 1. The molecule has 2 aromatic heterocycles. The summed E-state index contributed by atoms with van der Waals surface area (Å²) >= 11 is 1.25. The fourth-order valence-electron chi connectivity index (χ4n) is 1.21. The van der Waals surface area contributed by atoms with Crippen LogP contribution in [0.4, 0.5) is 5.13 Å². The topological polar surface area (TPSA) is 92.2 Å². The molecule has 2 heterocycles. The molecule has 0 atom stereocenters. The van der Waals surface area contributed by atoms with E-state index in [-0.39, 0.29) is 11.3 Å². The Morgan fingerprint density at radius 2 is 2.12 bits per heavy atom. The summed E-state index contributed by atoms with van der Waals surface area (Å²) in [5.41, 5.74) is -0.267. The average Bonchev–Trinajstić information content (AvgIpc) is 2.81. The number of thiazole rings is 1. The van der Waals surface area contributed by atoms with Crippen molar-refractivity contribution in [3.63, 3.8) is 0 Å². The molecule has 0 spiro atoms. The summed E-state index contributed by atoms with van der Waals surface area (Å²) in [6.45, 7) is 0. The summed E-state index contributed by atoms with van der Waals surface area (Å²) < 4.78 is 0. The molecule has 0 aliphatic carbocycles. The largest absolute Gasteiger partial charge is 0.476 e. The Labute approximate surface area is 100.0 Å². The Bertz CT molecular complexity index is 554. The first-order valence-corrected chi connectivity index (χ1v) is 5.45. The molecule has 1 amide bonds. The second-order valence-electron chi connectivity index (χ2n) is 3.00. The summed E-state index contributed by atoms with van der Waals surface area (Å²) in [5.74, 6) is -1.78. The highest BCUT2D eigenvalue weighted by molar-refractivity contribution is 7.13. The molecular weight excluding hydrogens is 242 g/mol. The maximum Gasteiger partial charge on any atom is 0.355 e. The highest BCUT2D eigenvalue weighted by Crippen LogP contribution is 2.13. The van der Waals surface area contributed by atoms with Crippen molar-refractivity contribution in [3.05, 3.63) is 41.2 Å². The van der Waals surface area contributed by atoms with E-state index >= 15 is 0 Å². The summed E-state index contributed by atoms with van der Waals surface area (Å²) in [7, 11) is 0. The normalized spacial score (nSPS) is 9.88. The van der Waals surface area contributed by atoms with Gasteiger partial charge in [-0.25, -0.2) is 14.8 Å². The molecule has 0 saturated heterocycles. The number of hydrogen-bond acceptors (Lipinski definition) is 5. The Balaban J connectivity index is 2.28. The smallest absolute Gasteiger partial charge is 0.355 e. The molecular formula is C10H7N3O3S. The van der Waals surface area contributed by atoms with Gasteiger partial charge in [0.25, 0.3) is 5.91 Å². The third-order valence-electron chi connectivity index (χ3n) is 1.91. The first-order chi connectivity index (χ1) is 8.18. The van der Waals surface area contributed by atoms with Crippen LogP contribution < -0.4 is 5.32 Å². The van der Waals surface area contributed by atoms with E-state index in [1.807, 2.05) is 0 Å². The van der Waals surface area contributed by atoms with Crippen molar-refractivity contribution in [3.8, 4) is 0 Å². The number of carbonyl (C=O) groups is 2. The lowest BCUT2D eigenvalue weighted by Crippen LogP contribution is -2.17. The Morgan fingerprint density at radius 3 is 2.76 bits per heavy atom. The van der Waals surface area contributed by atoms with Crippen LogP contribution in [-0.2, 0) is 0 Å². The molecule has 6 nitrogen and oxygen atoms in total. The summed E-state index contributed by atoms with van der Waals surface area (Å²) in [4.78, 5) is 30.2. The quantitative estimate of drug-likeness (QED) is 0.859. The predicted octanol–water partition coefficient (Wildman–Crippen LogP) is 1.49. The number of aromatic carboxylic acids is 1. The van der Waals surface area contributed by atoms with Crippen LogP contribution in [0.15, 0.2) is 29.9 Å². The van der Waals surface area contributed by atoms with Crippen molar-refractivity contribution in [1.29, 1.82) is 0 Å². The van der Waals surface area contributed by atoms with Gasteiger partial charge in [-0.2, -0.15) is 0 Å². The molecule has 2 rings (SSSR count). The number of nitrogens with zero attached hydrogens (tertiary/aromatic N) is 2. The van der Waals surface area contributed by atoms with Crippen LogP contribution in [0.25, 0.3) is 0 Å². The van der Waals surface area contributed by atoms with Gasteiger partial charge < -0.3 is 5.11 Å². The first-order valence-electron chi connectivity index (χ1n) is 4.57. The number of carboxylic acid groups (broad SMARTS) is 1. The molecule has 2 N–H and O–H groups in total. The lowest BCUT2D eigenvalue weighted by molar-refractivity contribution is 0.0686. The van der Waals surface area contributed by atoms with E-state index in [0.717, 1.165) is 0 Å². The van der Waals surface area contributed by atoms with Gasteiger partial charge in [0.05, 0.1) is 5.56 Å². The van der Waals surface area contributed by atoms with E-state index in [1.165, 1.54) is 29.7 Å². The number of amides is 1. The minimum atomic E-state index is -1.24. The minimum absolute atomic E-state index is 0.00944. The van der Waals surface area contributed by atoms with Crippen molar-refractivity contribution in [1.82, 2.24) is 9.97 Å². The molecule has 7 heteroatoms. The van der Waals surface area contributed by atoms with E-state index in [4.69, 9.17) is 5.11 Å². The number of aromatic nitrogens is 2. The van der Waals surface area contributed by atoms with E-state index in [2.05, 4.69) is 15.3 Å². The number of carboxylic acids is 1. The molecule has 0 bridgehead atoms. The van der Waals surface area contributed by atoms with Crippen molar-refractivity contribution >= 4 is 28.3 Å². The molecule has 0 aliphatic heterocycles. The van der Waals surface area contributed by atoms with Gasteiger partial charge in [-0.15, -0.1) is 11.3 Å². The standard InChI is InChI=1S/C10H7N3O3S/c14-8(13-10-12-4-5-17-10)6-2-1-3-11-7(6)9(15)16/h1-5H,(H,15,16)(H,12,13,14). The Hall–Kier alpha value is -2.28. The van der Waals surface area contributed by atoms with Gasteiger partial charge in [-0.1, -0.05) is 0 Å². The summed E-state index contributed by atoms with van der Waals surface area (Å²) in [6, 6.07) is 2.91. The molecule has 0 saturated carbocycles. The van der Waals surface area contributed by atoms with Gasteiger partial charge in [-0.3, -0.25) is 10.1 Å². The van der Waals surface area contributed by atoms with E-state index in [0.29, 0.717) is 5.13 Å². The van der Waals surface area contributed by atoms with Gasteiger partial charge in [0.2, 0.25) is 0 Å². The van der Waals surface area contributed by atoms with Crippen LogP contribution in [-0.4, -0.2) is 27.0 Å². The zero-order valence-corrected chi connectivity index (χ0v) is 9.27. The number of rotatable bonds is 3. The molecule has 0 aliphatic rings. The van der Waals surface area contributed by atoms with Gasteiger partial charge in [0.1, 0.15) is 0 Å². The SMILES string of the molecule is O=C(Nc1nccs1)c1cccnc1C(=O)O. The molecule has 0 fully saturated rings. The Kier molecular flexibility index (Phi) is 3.10.